The predicted molar refractivity (Wildman–Crippen MR) is 110 cm³/mol. The summed E-state index contributed by atoms with van der Waals surface area (Å²) in [6.45, 7) is 7.42. The number of rotatable bonds is 5. The van der Waals surface area contributed by atoms with Crippen LogP contribution in [0.25, 0.3) is 0 Å². The largest absolute Gasteiger partial charge is 0.354 e. The average Bonchev–Trinajstić information content (AvgIpc) is 3.05. The van der Waals surface area contributed by atoms with Gasteiger partial charge in [0.15, 0.2) is 15.8 Å². The Bertz CT molecular complexity index is 546. The van der Waals surface area contributed by atoms with Gasteiger partial charge in [0.2, 0.25) is 0 Å². The van der Waals surface area contributed by atoms with E-state index in [0.29, 0.717) is 24.1 Å². The van der Waals surface area contributed by atoms with Crippen LogP contribution in [0.3, 0.4) is 0 Å². The topological polar surface area (TPSA) is 61.8 Å². The average molecular weight is 469 g/mol. The van der Waals surface area contributed by atoms with Gasteiger partial charge in [-0.1, -0.05) is 13.8 Å². The highest BCUT2D eigenvalue weighted by Crippen LogP contribution is 2.25. The fourth-order valence-electron chi connectivity index (χ4n) is 3.76. The monoisotopic (exact) mass is 469 g/mol. The van der Waals surface area contributed by atoms with Crippen LogP contribution in [0, 0.1) is 17.8 Å². The third kappa shape index (κ3) is 6.04. The van der Waals surface area contributed by atoms with Crippen LogP contribution in [0.15, 0.2) is 4.99 Å². The van der Waals surface area contributed by atoms with Crippen molar-refractivity contribution in [3.05, 3.63) is 0 Å². The molecule has 2 aliphatic heterocycles. The lowest BCUT2D eigenvalue weighted by atomic mass is 9.97. The number of hydrogen-bond donors (Lipinski definition) is 1. The molecule has 2 heterocycles. The van der Waals surface area contributed by atoms with Crippen LogP contribution in [-0.2, 0) is 9.84 Å². The molecule has 0 spiro atoms. The molecule has 0 aromatic rings. The van der Waals surface area contributed by atoms with Crippen molar-refractivity contribution in [3.8, 4) is 0 Å². The van der Waals surface area contributed by atoms with Crippen molar-refractivity contribution in [2.45, 2.75) is 52.0 Å². The summed E-state index contributed by atoms with van der Waals surface area (Å²) in [5.41, 5.74) is 0. The van der Waals surface area contributed by atoms with E-state index in [4.69, 9.17) is 4.99 Å². The Morgan fingerprint density at radius 1 is 1.21 bits per heavy atom. The number of aliphatic imine (C=N–C) groups is 1. The van der Waals surface area contributed by atoms with Crippen LogP contribution in [0.2, 0.25) is 0 Å². The van der Waals surface area contributed by atoms with Crippen molar-refractivity contribution in [1.29, 1.82) is 0 Å². The summed E-state index contributed by atoms with van der Waals surface area (Å²) >= 11 is 0. The summed E-state index contributed by atoms with van der Waals surface area (Å²) in [4.78, 5) is 7.21. The number of guanidine groups is 1. The van der Waals surface area contributed by atoms with E-state index >= 15 is 0 Å². The van der Waals surface area contributed by atoms with Crippen molar-refractivity contribution < 1.29 is 8.42 Å². The summed E-state index contributed by atoms with van der Waals surface area (Å²) in [6, 6.07) is 0.588. The van der Waals surface area contributed by atoms with Crippen molar-refractivity contribution >= 4 is 39.8 Å². The Kier molecular flexibility index (Phi) is 7.22. The Balaban J connectivity index is 0.00000208. The van der Waals surface area contributed by atoms with Crippen LogP contribution in [0.1, 0.15) is 46.0 Å². The zero-order valence-electron chi connectivity index (χ0n) is 14.9. The van der Waals surface area contributed by atoms with Gasteiger partial charge < -0.3 is 10.2 Å². The van der Waals surface area contributed by atoms with E-state index in [-0.39, 0.29) is 29.9 Å². The number of nitrogens with zero attached hydrogens (tertiary/aromatic N) is 2. The lowest BCUT2D eigenvalue weighted by Gasteiger charge is -2.23. The van der Waals surface area contributed by atoms with Gasteiger partial charge in [0.05, 0.1) is 11.5 Å². The fraction of sp³-hybridized carbons (Fsp3) is 0.941. The lowest BCUT2D eigenvalue weighted by Crippen LogP contribution is -2.41. The van der Waals surface area contributed by atoms with Gasteiger partial charge in [-0.05, 0) is 49.9 Å². The third-order valence-electron chi connectivity index (χ3n) is 5.13. The minimum absolute atomic E-state index is 0. The number of sulfone groups is 1. The van der Waals surface area contributed by atoms with Crippen molar-refractivity contribution in [2.75, 3.05) is 31.1 Å². The summed E-state index contributed by atoms with van der Waals surface area (Å²) in [5, 5.41) is 3.58. The van der Waals surface area contributed by atoms with Crippen LogP contribution < -0.4 is 5.32 Å². The molecular weight excluding hydrogens is 437 g/mol. The first-order valence-electron chi connectivity index (χ1n) is 9.17. The summed E-state index contributed by atoms with van der Waals surface area (Å²) in [6.07, 6.45) is 5.79. The molecule has 140 valence electrons. The number of hydrogen-bond acceptors (Lipinski definition) is 3. The second-order valence-electron chi connectivity index (χ2n) is 8.08. The van der Waals surface area contributed by atoms with E-state index in [0.717, 1.165) is 37.3 Å². The first-order chi connectivity index (χ1) is 10.9. The smallest absolute Gasteiger partial charge is 0.194 e. The van der Waals surface area contributed by atoms with Gasteiger partial charge in [-0.15, -0.1) is 24.0 Å². The van der Waals surface area contributed by atoms with Crippen LogP contribution >= 0.6 is 24.0 Å². The molecule has 2 unspecified atom stereocenters. The summed E-state index contributed by atoms with van der Waals surface area (Å²) in [7, 11) is -2.80. The zero-order chi connectivity index (χ0) is 16.4. The maximum Gasteiger partial charge on any atom is 0.194 e. The normalized spacial score (nSPS) is 29.8. The molecular formula is C17H32IN3O2S. The van der Waals surface area contributed by atoms with Crippen LogP contribution in [-0.4, -0.2) is 56.5 Å². The molecule has 1 saturated carbocycles. The van der Waals surface area contributed by atoms with Crippen molar-refractivity contribution in [3.63, 3.8) is 0 Å². The number of nitrogens with one attached hydrogen (secondary N) is 1. The zero-order valence-corrected chi connectivity index (χ0v) is 18.1. The van der Waals surface area contributed by atoms with E-state index in [1.165, 1.54) is 25.7 Å². The quantitative estimate of drug-likeness (QED) is 0.382. The molecule has 7 heteroatoms. The minimum atomic E-state index is -2.80. The molecule has 3 aliphatic rings. The molecule has 0 amide bonds. The van der Waals surface area contributed by atoms with Gasteiger partial charge in [-0.25, -0.2) is 8.42 Å². The molecule has 1 aliphatic carbocycles. The molecule has 1 N–H and O–H groups in total. The van der Waals surface area contributed by atoms with E-state index in [2.05, 4.69) is 24.1 Å². The molecule has 3 fully saturated rings. The van der Waals surface area contributed by atoms with Crippen molar-refractivity contribution in [2.24, 2.45) is 22.7 Å². The van der Waals surface area contributed by atoms with E-state index in [1.807, 2.05) is 0 Å². The second-order valence-corrected chi connectivity index (χ2v) is 10.3. The third-order valence-corrected chi connectivity index (χ3v) is 6.96. The van der Waals surface area contributed by atoms with Gasteiger partial charge in [0.25, 0.3) is 0 Å². The number of likely N-dealkylation sites (tertiary alicyclic amines) is 1. The fourth-order valence-corrected chi connectivity index (χ4v) is 5.61. The highest BCUT2D eigenvalue weighted by molar-refractivity contribution is 14.0. The molecule has 0 radical (unpaired) electrons. The van der Waals surface area contributed by atoms with Crippen molar-refractivity contribution in [1.82, 2.24) is 10.2 Å². The summed E-state index contributed by atoms with van der Waals surface area (Å²) in [5.74, 6) is 3.43. The van der Waals surface area contributed by atoms with E-state index < -0.39 is 9.84 Å². The molecule has 0 bridgehead atoms. The standard InChI is InChI=1S/C17H31N3O2S.HI/c1-13(2)9-14-5-7-20(11-14)17(19-16-3-4-16)18-10-15-6-8-23(21,22)12-15;/h13-16H,3-12H2,1-2H3,(H,18,19);1H. The molecule has 5 nitrogen and oxygen atoms in total. The Labute approximate surface area is 164 Å². The highest BCUT2D eigenvalue weighted by Gasteiger charge is 2.31. The Morgan fingerprint density at radius 2 is 1.96 bits per heavy atom. The maximum atomic E-state index is 11.6. The van der Waals surface area contributed by atoms with Crippen LogP contribution in [0.4, 0.5) is 0 Å². The summed E-state index contributed by atoms with van der Waals surface area (Å²) < 4.78 is 23.2. The maximum absolute atomic E-state index is 11.6. The van der Waals surface area contributed by atoms with Gasteiger partial charge >= 0.3 is 0 Å². The Hall–Kier alpha value is -0.0500. The molecule has 2 saturated heterocycles. The molecule has 2 atom stereocenters. The first kappa shape index (κ1) is 20.3. The van der Waals surface area contributed by atoms with Gasteiger partial charge in [-0.2, -0.15) is 0 Å². The Morgan fingerprint density at radius 3 is 2.54 bits per heavy atom. The van der Waals surface area contributed by atoms with E-state index in [9.17, 15) is 8.42 Å². The molecule has 24 heavy (non-hydrogen) atoms. The van der Waals surface area contributed by atoms with E-state index in [1.54, 1.807) is 0 Å². The molecule has 3 rings (SSSR count). The SMILES string of the molecule is CC(C)CC1CCN(C(=NCC2CCS(=O)(=O)C2)NC2CC2)C1.I. The van der Waals surface area contributed by atoms with Gasteiger partial charge in [-0.3, -0.25) is 4.99 Å². The molecule has 0 aromatic heterocycles. The number of halogens is 1. The van der Waals surface area contributed by atoms with Crippen LogP contribution in [0.5, 0.6) is 0 Å². The highest BCUT2D eigenvalue weighted by atomic mass is 127. The first-order valence-corrected chi connectivity index (χ1v) is 11.0. The van der Waals surface area contributed by atoms with Gasteiger partial charge in [0, 0.05) is 25.7 Å². The second kappa shape index (κ2) is 8.56. The molecule has 0 aromatic carbocycles. The lowest BCUT2D eigenvalue weighted by molar-refractivity contribution is 0.402. The predicted octanol–water partition coefficient (Wildman–Crippen LogP) is 2.52. The van der Waals surface area contributed by atoms with Gasteiger partial charge in [0.1, 0.15) is 0 Å². The minimum Gasteiger partial charge on any atom is -0.354 e.